The molecule has 0 aromatic heterocycles. The minimum Gasteiger partial charge on any atom is -0.387 e. The van der Waals surface area contributed by atoms with Gasteiger partial charge in [0.25, 0.3) is 0 Å². The largest absolute Gasteiger partial charge is 0.387 e. The summed E-state index contributed by atoms with van der Waals surface area (Å²) in [4.78, 5) is 0. The van der Waals surface area contributed by atoms with Crippen LogP contribution in [0.5, 0.6) is 0 Å². The third-order valence-corrected chi connectivity index (χ3v) is 2.03. The quantitative estimate of drug-likeness (QED) is 0.356. The van der Waals surface area contributed by atoms with E-state index in [1.165, 1.54) is 0 Å². The van der Waals surface area contributed by atoms with Gasteiger partial charge in [0.05, 0.1) is 19.0 Å². The predicted octanol–water partition coefficient (Wildman–Crippen LogP) is 1.00. The zero-order valence-electron chi connectivity index (χ0n) is 8.72. The minimum atomic E-state index is -0.257. The van der Waals surface area contributed by atoms with E-state index in [0.717, 1.165) is 6.42 Å². The maximum atomic E-state index is 7.31. The zero-order chi connectivity index (χ0) is 10.3. The summed E-state index contributed by atoms with van der Waals surface area (Å²) < 4.78 is 10.1. The second kappa shape index (κ2) is 5.94. The maximum absolute atomic E-state index is 7.31. The molecule has 0 radical (unpaired) electrons. The highest BCUT2D eigenvalue weighted by atomic mass is 16.5. The first-order valence-electron chi connectivity index (χ1n) is 4.42. The highest BCUT2D eigenvalue weighted by Gasteiger charge is 2.20. The number of hydrogen-bond donors (Lipinski definition) is 2. The molecule has 78 valence electrons. The van der Waals surface area contributed by atoms with E-state index < -0.39 is 0 Å². The molecule has 0 aliphatic heterocycles. The van der Waals surface area contributed by atoms with Crippen LogP contribution in [-0.4, -0.2) is 32.8 Å². The second-order valence-electron chi connectivity index (χ2n) is 3.65. The normalized spacial score (nSPS) is 11.6. The van der Waals surface area contributed by atoms with Crippen molar-refractivity contribution in [1.82, 2.24) is 0 Å². The van der Waals surface area contributed by atoms with E-state index in [-0.39, 0.29) is 11.3 Å². The third-order valence-electron chi connectivity index (χ3n) is 2.03. The van der Waals surface area contributed by atoms with Gasteiger partial charge in [0.15, 0.2) is 0 Å². The van der Waals surface area contributed by atoms with Crippen LogP contribution in [0.2, 0.25) is 0 Å². The van der Waals surface area contributed by atoms with Gasteiger partial charge in [-0.1, -0.05) is 13.8 Å². The van der Waals surface area contributed by atoms with Gasteiger partial charge in [-0.05, 0) is 6.42 Å². The van der Waals surface area contributed by atoms with E-state index in [2.05, 4.69) is 0 Å². The van der Waals surface area contributed by atoms with Gasteiger partial charge in [-0.25, -0.2) is 0 Å². The van der Waals surface area contributed by atoms with E-state index in [1.54, 1.807) is 7.11 Å². The number of rotatable bonds is 7. The minimum absolute atomic E-state index is 0.211. The van der Waals surface area contributed by atoms with E-state index in [0.29, 0.717) is 19.8 Å². The van der Waals surface area contributed by atoms with Crippen molar-refractivity contribution in [2.24, 2.45) is 11.1 Å². The molecule has 0 amide bonds. The van der Waals surface area contributed by atoms with Crippen LogP contribution in [-0.2, 0) is 9.47 Å². The standard InChI is InChI=1S/C9H20N2O2/c1-9(2,8(10)11)4-5-13-7-6-12-3/h4-7H2,1-3H3,(H3,10,11). The number of nitrogens with two attached hydrogens (primary N) is 1. The molecule has 0 saturated carbocycles. The van der Waals surface area contributed by atoms with Crippen LogP contribution < -0.4 is 5.73 Å². The Morgan fingerprint density at radius 3 is 2.38 bits per heavy atom. The van der Waals surface area contributed by atoms with Gasteiger partial charge in [-0.15, -0.1) is 0 Å². The molecular weight excluding hydrogens is 168 g/mol. The first-order chi connectivity index (χ1) is 6.00. The molecule has 0 aromatic rings. The van der Waals surface area contributed by atoms with E-state index in [9.17, 15) is 0 Å². The lowest BCUT2D eigenvalue weighted by Crippen LogP contribution is -2.32. The molecule has 0 saturated heterocycles. The first-order valence-corrected chi connectivity index (χ1v) is 4.42. The van der Waals surface area contributed by atoms with Crippen molar-refractivity contribution in [1.29, 1.82) is 5.41 Å². The molecule has 0 rings (SSSR count). The molecule has 13 heavy (non-hydrogen) atoms. The molecule has 0 aliphatic rings. The van der Waals surface area contributed by atoms with Crippen molar-refractivity contribution in [2.75, 3.05) is 26.9 Å². The van der Waals surface area contributed by atoms with Crippen LogP contribution in [0.15, 0.2) is 0 Å². The highest BCUT2D eigenvalue weighted by Crippen LogP contribution is 2.19. The van der Waals surface area contributed by atoms with Crippen LogP contribution in [0.3, 0.4) is 0 Å². The third kappa shape index (κ3) is 5.60. The van der Waals surface area contributed by atoms with Crippen LogP contribution in [0, 0.1) is 10.8 Å². The van der Waals surface area contributed by atoms with Crippen LogP contribution in [0.1, 0.15) is 20.3 Å². The average Bonchev–Trinajstić information content (AvgIpc) is 2.03. The van der Waals surface area contributed by atoms with Crippen molar-refractivity contribution in [2.45, 2.75) is 20.3 Å². The summed E-state index contributed by atoms with van der Waals surface area (Å²) in [5.41, 5.74) is 5.16. The number of nitrogens with one attached hydrogen (secondary N) is 1. The fourth-order valence-electron chi connectivity index (χ4n) is 0.706. The molecule has 0 unspecified atom stereocenters. The molecule has 0 spiro atoms. The van der Waals surface area contributed by atoms with Crippen LogP contribution in [0.25, 0.3) is 0 Å². The Labute approximate surface area is 79.9 Å². The van der Waals surface area contributed by atoms with Gasteiger partial charge >= 0.3 is 0 Å². The lowest BCUT2D eigenvalue weighted by Gasteiger charge is -2.22. The number of hydrogen-bond acceptors (Lipinski definition) is 3. The number of methoxy groups -OCH3 is 1. The number of ether oxygens (including phenoxy) is 2. The van der Waals surface area contributed by atoms with Crippen molar-refractivity contribution in [3.05, 3.63) is 0 Å². The Kier molecular flexibility index (Phi) is 5.66. The lowest BCUT2D eigenvalue weighted by atomic mass is 9.89. The Hall–Kier alpha value is -0.610. The van der Waals surface area contributed by atoms with E-state index in [1.807, 2.05) is 13.8 Å². The van der Waals surface area contributed by atoms with Gasteiger partial charge in [-0.2, -0.15) is 0 Å². The number of amidine groups is 1. The summed E-state index contributed by atoms with van der Waals surface area (Å²) in [6, 6.07) is 0. The lowest BCUT2D eigenvalue weighted by molar-refractivity contribution is 0.0619. The van der Waals surface area contributed by atoms with E-state index in [4.69, 9.17) is 20.6 Å². The molecule has 0 heterocycles. The Balaban J connectivity index is 3.46. The van der Waals surface area contributed by atoms with Gasteiger partial charge in [0, 0.05) is 19.1 Å². The van der Waals surface area contributed by atoms with Gasteiger partial charge < -0.3 is 15.2 Å². The fourth-order valence-corrected chi connectivity index (χ4v) is 0.706. The highest BCUT2D eigenvalue weighted by molar-refractivity contribution is 5.82. The van der Waals surface area contributed by atoms with E-state index >= 15 is 0 Å². The molecule has 0 aromatic carbocycles. The molecule has 0 bridgehead atoms. The monoisotopic (exact) mass is 188 g/mol. The Morgan fingerprint density at radius 2 is 1.92 bits per heavy atom. The molecule has 4 heteroatoms. The molecule has 0 atom stereocenters. The van der Waals surface area contributed by atoms with Crippen molar-refractivity contribution in [3.8, 4) is 0 Å². The summed E-state index contributed by atoms with van der Waals surface area (Å²) in [7, 11) is 1.64. The molecule has 4 nitrogen and oxygen atoms in total. The first kappa shape index (κ1) is 12.4. The summed E-state index contributed by atoms with van der Waals surface area (Å²) in [6.45, 7) is 5.71. The van der Waals surface area contributed by atoms with Crippen LogP contribution >= 0.6 is 0 Å². The average molecular weight is 188 g/mol. The van der Waals surface area contributed by atoms with Gasteiger partial charge in [0.1, 0.15) is 0 Å². The Bertz CT molecular complexity index is 158. The predicted molar refractivity (Wildman–Crippen MR) is 53.0 cm³/mol. The van der Waals surface area contributed by atoms with Crippen molar-refractivity contribution in [3.63, 3.8) is 0 Å². The fraction of sp³-hybridized carbons (Fsp3) is 0.889. The van der Waals surface area contributed by atoms with Crippen molar-refractivity contribution < 1.29 is 9.47 Å². The van der Waals surface area contributed by atoms with Gasteiger partial charge in [-0.3, -0.25) is 5.41 Å². The maximum Gasteiger partial charge on any atom is 0.0963 e. The molecule has 0 aliphatic carbocycles. The SMILES string of the molecule is COCCOCCC(C)(C)C(=N)N. The summed E-state index contributed by atoms with van der Waals surface area (Å²) in [5, 5.41) is 7.31. The van der Waals surface area contributed by atoms with Gasteiger partial charge in [0.2, 0.25) is 0 Å². The Morgan fingerprint density at radius 1 is 1.31 bits per heavy atom. The summed E-state index contributed by atoms with van der Waals surface area (Å²) >= 11 is 0. The topological polar surface area (TPSA) is 68.3 Å². The summed E-state index contributed by atoms with van der Waals surface area (Å²) in [5.74, 6) is 0.211. The zero-order valence-corrected chi connectivity index (χ0v) is 8.72. The van der Waals surface area contributed by atoms with Crippen molar-refractivity contribution >= 4 is 5.84 Å². The molecule has 0 fully saturated rings. The van der Waals surface area contributed by atoms with Crippen LogP contribution in [0.4, 0.5) is 0 Å². The second-order valence-corrected chi connectivity index (χ2v) is 3.65. The molecule has 3 N–H and O–H groups in total. The molecular formula is C9H20N2O2. The smallest absolute Gasteiger partial charge is 0.0963 e. The summed E-state index contributed by atoms with van der Waals surface area (Å²) in [6.07, 6.45) is 0.770.